The van der Waals surface area contributed by atoms with E-state index in [0.29, 0.717) is 0 Å². The first-order chi connectivity index (χ1) is 30.7. The molecule has 8 aromatic carbocycles. The number of anilines is 3. The molecule has 5 heterocycles. The van der Waals surface area contributed by atoms with Gasteiger partial charge >= 0.3 is 0 Å². The largest absolute Gasteiger partial charge is 0.456 e. The van der Waals surface area contributed by atoms with Crippen LogP contribution in [0, 0.1) is 0 Å². The molecule has 0 saturated heterocycles. The zero-order valence-electron chi connectivity index (χ0n) is 35.6. The van der Waals surface area contributed by atoms with Crippen molar-refractivity contribution in [3.63, 3.8) is 0 Å². The number of nitrogens with one attached hydrogen (secondary N) is 1. The molecular formula is C57H42BN3O2. The Morgan fingerprint density at radius 3 is 1.98 bits per heavy atom. The number of aromatic nitrogens is 1. The van der Waals surface area contributed by atoms with Crippen molar-refractivity contribution in [2.75, 3.05) is 17.3 Å². The lowest BCUT2D eigenvalue weighted by molar-refractivity contribution is 0.590. The summed E-state index contributed by atoms with van der Waals surface area (Å²) >= 11 is 0. The number of benzene rings is 8. The second-order valence-corrected chi connectivity index (χ2v) is 18.4. The van der Waals surface area contributed by atoms with Crippen LogP contribution >= 0.6 is 0 Å². The molecule has 11 aromatic rings. The van der Waals surface area contributed by atoms with Gasteiger partial charge in [-0.2, -0.15) is 0 Å². The molecule has 0 amide bonds. The molecule has 2 aliphatic rings. The van der Waals surface area contributed by atoms with E-state index in [0.717, 1.165) is 96.1 Å². The van der Waals surface area contributed by atoms with Gasteiger partial charge in [0.15, 0.2) is 7.28 Å². The third-order valence-electron chi connectivity index (χ3n) is 13.6. The SMILES string of the molecule is C=C1C=C(c2ccccc2)N(C)c2cc3c(cc21)Bc1c(-c2cc4c(cc2Nc2ccc(C(C)(C)C)cc2)oc2ccccc24)ccc2c4cc5oc6ccccc6c5cc4n-3c12. The van der Waals surface area contributed by atoms with Crippen molar-refractivity contribution in [2.24, 2.45) is 0 Å². The maximum absolute atomic E-state index is 6.53. The van der Waals surface area contributed by atoms with Crippen LogP contribution in [0.2, 0.25) is 0 Å². The zero-order valence-corrected chi connectivity index (χ0v) is 35.6. The van der Waals surface area contributed by atoms with Gasteiger partial charge in [0, 0.05) is 79.1 Å². The van der Waals surface area contributed by atoms with E-state index in [9.17, 15) is 0 Å². The van der Waals surface area contributed by atoms with Crippen molar-refractivity contribution < 1.29 is 8.83 Å². The van der Waals surface area contributed by atoms with Gasteiger partial charge in [0.1, 0.15) is 22.3 Å². The van der Waals surface area contributed by atoms with Crippen LogP contribution in [0.3, 0.4) is 0 Å². The summed E-state index contributed by atoms with van der Waals surface area (Å²) in [4.78, 5) is 2.33. The average molecular weight is 812 g/mol. The smallest absolute Gasteiger partial charge is 0.198 e. The van der Waals surface area contributed by atoms with Crippen molar-refractivity contribution >= 4 is 112 Å². The van der Waals surface area contributed by atoms with Crippen molar-refractivity contribution in [3.05, 3.63) is 181 Å². The second kappa shape index (κ2) is 12.9. The predicted octanol–water partition coefficient (Wildman–Crippen LogP) is 13.5. The maximum Gasteiger partial charge on any atom is 0.198 e. The highest BCUT2D eigenvalue weighted by molar-refractivity contribution is 6.73. The van der Waals surface area contributed by atoms with E-state index >= 15 is 0 Å². The summed E-state index contributed by atoms with van der Waals surface area (Å²) in [6.07, 6.45) is 2.23. The second-order valence-electron chi connectivity index (χ2n) is 18.4. The Hall–Kier alpha value is -7.70. The van der Waals surface area contributed by atoms with Crippen molar-refractivity contribution in [1.82, 2.24) is 4.57 Å². The van der Waals surface area contributed by atoms with Crippen LogP contribution in [0.25, 0.3) is 93.8 Å². The van der Waals surface area contributed by atoms with E-state index in [4.69, 9.17) is 8.83 Å². The van der Waals surface area contributed by atoms with E-state index in [1.54, 1.807) is 0 Å². The fourth-order valence-corrected chi connectivity index (χ4v) is 10.4. The van der Waals surface area contributed by atoms with Crippen LogP contribution in [-0.4, -0.2) is 18.9 Å². The van der Waals surface area contributed by atoms with Gasteiger partial charge in [-0.1, -0.05) is 130 Å². The molecule has 1 N–H and O–H groups in total. The number of para-hydroxylation sites is 2. The molecule has 5 nitrogen and oxygen atoms in total. The van der Waals surface area contributed by atoms with E-state index in [-0.39, 0.29) is 5.41 Å². The number of fused-ring (bicyclic) bond motifs is 12. The minimum Gasteiger partial charge on any atom is -0.456 e. The molecule has 0 aliphatic carbocycles. The van der Waals surface area contributed by atoms with Crippen LogP contribution in [0.15, 0.2) is 173 Å². The van der Waals surface area contributed by atoms with Crippen LogP contribution < -0.4 is 21.1 Å². The molecule has 13 rings (SSSR count). The number of rotatable bonds is 4. The minimum absolute atomic E-state index is 0.0564. The van der Waals surface area contributed by atoms with E-state index < -0.39 is 0 Å². The number of furan rings is 2. The molecule has 300 valence electrons. The summed E-state index contributed by atoms with van der Waals surface area (Å²) in [6.45, 7) is 11.4. The van der Waals surface area contributed by atoms with Crippen molar-refractivity contribution in [3.8, 4) is 16.8 Å². The van der Waals surface area contributed by atoms with Crippen molar-refractivity contribution in [1.29, 1.82) is 0 Å². The Morgan fingerprint density at radius 2 is 1.25 bits per heavy atom. The first-order valence-corrected chi connectivity index (χ1v) is 21.8. The van der Waals surface area contributed by atoms with Crippen molar-refractivity contribution in [2.45, 2.75) is 26.2 Å². The monoisotopic (exact) mass is 811 g/mol. The minimum atomic E-state index is 0.0564. The Labute approximate surface area is 365 Å². The lowest BCUT2D eigenvalue weighted by atomic mass is 9.58. The Kier molecular flexibility index (Phi) is 7.38. The standard InChI is InChI=1S/C57H42BN3O2/c1-32-25-47(33-13-7-6-8-14-33)60(5)48-31-50-45(27-40(32)48)58-55-38(23-24-39-42-29-53-44(28-49(42)61(50)56(39)55)37-16-10-12-18-52(37)62-53)41-26-43-36-15-9-11-17-51(36)63-54(43)30-46(41)59-35-21-19-34(20-22-35)57(2,3)4/h6-31,58-59H,1H2,2-5H3. The summed E-state index contributed by atoms with van der Waals surface area (Å²) in [5, 5.41) is 10.7. The molecule has 0 fully saturated rings. The van der Waals surface area contributed by atoms with Gasteiger partial charge in [0.2, 0.25) is 0 Å². The van der Waals surface area contributed by atoms with Gasteiger partial charge in [-0.25, -0.2) is 0 Å². The predicted molar refractivity (Wildman–Crippen MR) is 267 cm³/mol. The molecule has 0 atom stereocenters. The molecule has 3 aromatic heterocycles. The highest BCUT2D eigenvalue weighted by atomic mass is 16.3. The lowest BCUT2D eigenvalue weighted by Crippen LogP contribution is -2.38. The summed E-state index contributed by atoms with van der Waals surface area (Å²) < 4.78 is 15.6. The fourth-order valence-electron chi connectivity index (χ4n) is 10.4. The molecule has 0 saturated carbocycles. The van der Waals surface area contributed by atoms with Crippen LogP contribution in [0.4, 0.5) is 17.1 Å². The molecule has 0 radical (unpaired) electrons. The third kappa shape index (κ3) is 5.31. The molecule has 63 heavy (non-hydrogen) atoms. The Balaban J connectivity index is 1.08. The van der Waals surface area contributed by atoms with E-state index in [1.807, 2.05) is 12.1 Å². The topological polar surface area (TPSA) is 46.5 Å². The summed E-state index contributed by atoms with van der Waals surface area (Å²) in [5.74, 6) is 0. The molecule has 0 bridgehead atoms. The van der Waals surface area contributed by atoms with Gasteiger partial charge in [-0.3, -0.25) is 0 Å². The van der Waals surface area contributed by atoms with E-state index in [1.165, 1.54) is 49.6 Å². The first kappa shape index (κ1) is 36.0. The normalized spacial score (nSPS) is 13.6. The van der Waals surface area contributed by atoms with Crippen LogP contribution in [-0.2, 0) is 5.41 Å². The van der Waals surface area contributed by atoms with Crippen LogP contribution in [0.5, 0.6) is 0 Å². The maximum atomic E-state index is 6.53. The highest BCUT2D eigenvalue weighted by Crippen LogP contribution is 2.45. The van der Waals surface area contributed by atoms with E-state index in [2.05, 4.69) is 195 Å². The molecule has 6 heteroatoms. The van der Waals surface area contributed by atoms with Gasteiger partial charge in [-0.05, 0) is 87.7 Å². The summed E-state index contributed by atoms with van der Waals surface area (Å²) in [7, 11) is 2.93. The number of hydrogen-bond acceptors (Lipinski definition) is 4. The molecule has 0 unspecified atom stereocenters. The average Bonchev–Trinajstić information content (AvgIpc) is 3.96. The molecule has 2 aliphatic heterocycles. The first-order valence-electron chi connectivity index (χ1n) is 21.8. The number of allylic oxidation sites excluding steroid dienone is 2. The third-order valence-corrected chi connectivity index (χ3v) is 13.6. The summed E-state index contributed by atoms with van der Waals surface area (Å²) in [5.41, 5.74) is 21.0. The Bertz CT molecular complexity index is 3800. The summed E-state index contributed by atoms with van der Waals surface area (Å²) in [6, 6.07) is 54.8. The van der Waals surface area contributed by atoms with Gasteiger partial charge in [-0.15, -0.1) is 0 Å². The lowest BCUT2D eigenvalue weighted by Gasteiger charge is -2.33. The van der Waals surface area contributed by atoms with Gasteiger partial charge < -0.3 is 23.6 Å². The quantitative estimate of drug-likeness (QED) is 0.180. The van der Waals surface area contributed by atoms with Gasteiger partial charge in [0.05, 0.1) is 16.9 Å². The Morgan fingerprint density at radius 1 is 0.571 bits per heavy atom. The van der Waals surface area contributed by atoms with Crippen LogP contribution in [0.1, 0.15) is 37.5 Å². The molecule has 0 spiro atoms. The zero-order chi connectivity index (χ0) is 42.3. The molecular weight excluding hydrogens is 769 g/mol. The fraction of sp³-hybridized carbons (Fsp3) is 0.0877. The number of hydrogen-bond donors (Lipinski definition) is 1. The highest BCUT2D eigenvalue weighted by Gasteiger charge is 2.31. The van der Waals surface area contributed by atoms with Gasteiger partial charge in [0.25, 0.3) is 0 Å². The number of nitrogens with zero attached hydrogens (tertiary/aromatic N) is 2.